The maximum atomic E-state index is 10.7. The number of hydrogen-bond acceptors (Lipinski definition) is 2. The monoisotopic (exact) mass is 195 g/mol. The summed E-state index contributed by atoms with van der Waals surface area (Å²) in [5.74, 6) is 1.97. The molecule has 80 valence electrons. The lowest BCUT2D eigenvalue weighted by molar-refractivity contribution is -0.112. The average molecular weight is 195 g/mol. The van der Waals surface area contributed by atoms with Gasteiger partial charge in [0.05, 0.1) is 0 Å². The summed E-state index contributed by atoms with van der Waals surface area (Å²) in [5, 5.41) is 3.40. The number of hydrogen-bond donors (Lipinski definition) is 1. The van der Waals surface area contributed by atoms with E-state index < -0.39 is 0 Å². The van der Waals surface area contributed by atoms with Gasteiger partial charge in [-0.25, -0.2) is 0 Å². The minimum absolute atomic E-state index is 0.288. The van der Waals surface area contributed by atoms with E-state index in [-0.39, 0.29) is 5.92 Å². The van der Waals surface area contributed by atoms with E-state index >= 15 is 0 Å². The summed E-state index contributed by atoms with van der Waals surface area (Å²) in [6, 6.07) is 0. The van der Waals surface area contributed by atoms with Gasteiger partial charge >= 0.3 is 0 Å². The number of piperidine rings is 1. The van der Waals surface area contributed by atoms with Crippen molar-refractivity contribution in [3.05, 3.63) is 0 Å². The highest BCUT2D eigenvalue weighted by atomic mass is 16.1. The molecule has 2 heteroatoms. The molecule has 0 aromatic rings. The molecule has 0 spiro atoms. The molecule has 0 amide bonds. The fourth-order valence-corrected chi connectivity index (χ4v) is 3.08. The smallest absolute Gasteiger partial charge is 0.124 e. The molecular weight excluding hydrogens is 174 g/mol. The third kappa shape index (κ3) is 2.35. The van der Waals surface area contributed by atoms with Crippen molar-refractivity contribution in [2.24, 2.45) is 17.8 Å². The minimum atomic E-state index is 0.288. The molecular formula is C12H21NO. The van der Waals surface area contributed by atoms with Crippen LogP contribution in [0.5, 0.6) is 0 Å². The lowest BCUT2D eigenvalue weighted by Crippen LogP contribution is -2.40. The van der Waals surface area contributed by atoms with Crippen LogP contribution in [0, 0.1) is 17.8 Å². The third-order valence-electron chi connectivity index (χ3n) is 3.93. The van der Waals surface area contributed by atoms with Crippen molar-refractivity contribution in [3.8, 4) is 0 Å². The van der Waals surface area contributed by atoms with Gasteiger partial charge in [0.25, 0.3) is 0 Å². The quantitative estimate of drug-likeness (QED) is 0.683. The van der Waals surface area contributed by atoms with Gasteiger partial charge < -0.3 is 10.1 Å². The van der Waals surface area contributed by atoms with E-state index in [0.29, 0.717) is 0 Å². The number of aldehydes is 1. The van der Waals surface area contributed by atoms with Crippen molar-refractivity contribution >= 4 is 6.29 Å². The lowest BCUT2D eigenvalue weighted by Gasteiger charge is -2.35. The van der Waals surface area contributed by atoms with Crippen LogP contribution in [0.4, 0.5) is 0 Å². The Kier molecular flexibility index (Phi) is 3.57. The van der Waals surface area contributed by atoms with Gasteiger partial charge in [0.1, 0.15) is 6.29 Å². The number of nitrogens with one attached hydrogen (secondary N) is 1. The summed E-state index contributed by atoms with van der Waals surface area (Å²) in [5.41, 5.74) is 0. The predicted octanol–water partition coefficient (Wildman–Crippen LogP) is 1.99. The van der Waals surface area contributed by atoms with E-state index in [0.717, 1.165) is 37.6 Å². The Bertz CT molecular complexity index is 187. The van der Waals surface area contributed by atoms with Crippen molar-refractivity contribution in [3.63, 3.8) is 0 Å². The zero-order chi connectivity index (χ0) is 9.80. The Morgan fingerprint density at radius 3 is 2.50 bits per heavy atom. The summed E-state index contributed by atoms with van der Waals surface area (Å²) in [6.07, 6.45) is 9.33. The maximum absolute atomic E-state index is 10.7. The summed E-state index contributed by atoms with van der Waals surface area (Å²) in [7, 11) is 0. The molecule has 1 N–H and O–H groups in total. The van der Waals surface area contributed by atoms with Gasteiger partial charge in [-0.05, 0) is 24.8 Å². The number of rotatable bonds is 2. The molecule has 0 bridgehead atoms. The molecule has 2 rings (SSSR count). The normalized spacial score (nSPS) is 35.4. The molecule has 2 fully saturated rings. The predicted molar refractivity (Wildman–Crippen MR) is 57.1 cm³/mol. The van der Waals surface area contributed by atoms with Gasteiger partial charge in [-0.15, -0.1) is 0 Å². The van der Waals surface area contributed by atoms with Gasteiger partial charge in [-0.3, -0.25) is 0 Å². The Labute approximate surface area is 86.5 Å². The molecule has 0 unspecified atom stereocenters. The maximum Gasteiger partial charge on any atom is 0.124 e. The zero-order valence-electron chi connectivity index (χ0n) is 8.87. The van der Waals surface area contributed by atoms with Crippen LogP contribution in [0.25, 0.3) is 0 Å². The summed E-state index contributed by atoms with van der Waals surface area (Å²) >= 11 is 0. The highest BCUT2D eigenvalue weighted by molar-refractivity contribution is 5.54. The fourth-order valence-electron chi connectivity index (χ4n) is 3.08. The standard InChI is InChI=1S/C12H21NO/c14-9-10-6-12(8-13-7-10)11-4-2-1-3-5-11/h9-13H,1-8H2/t10-,12-/m1/s1. The summed E-state index contributed by atoms with van der Waals surface area (Å²) in [6.45, 7) is 2.06. The first kappa shape index (κ1) is 10.2. The van der Waals surface area contributed by atoms with E-state index in [9.17, 15) is 4.79 Å². The molecule has 14 heavy (non-hydrogen) atoms. The van der Waals surface area contributed by atoms with E-state index in [1.165, 1.54) is 32.1 Å². The fraction of sp³-hybridized carbons (Fsp3) is 0.917. The van der Waals surface area contributed by atoms with Gasteiger partial charge in [0.2, 0.25) is 0 Å². The molecule has 0 radical (unpaired) electrons. The first-order valence-electron chi connectivity index (χ1n) is 6.06. The molecule has 0 aromatic heterocycles. The van der Waals surface area contributed by atoms with Crippen molar-refractivity contribution in [2.45, 2.75) is 38.5 Å². The van der Waals surface area contributed by atoms with Crippen LogP contribution in [0.15, 0.2) is 0 Å². The molecule has 1 aliphatic heterocycles. The zero-order valence-corrected chi connectivity index (χ0v) is 8.87. The van der Waals surface area contributed by atoms with Crippen molar-refractivity contribution < 1.29 is 4.79 Å². The van der Waals surface area contributed by atoms with Crippen molar-refractivity contribution in [1.29, 1.82) is 0 Å². The lowest BCUT2D eigenvalue weighted by atomic mass is 9.75. The van der Waals surface area contributed by atoms with Crippen LogP contribution in [-0.2, 0) is 4.79 Å². The average Bonchev–Trinajstić information content (AvgIpc) is 2.30. The highest BCUT2D eigenvalue weighted by Crippen LogP contribution is 2.33. The highest BCUT2D eigenvalue weighted by Gasteiger charge is 2.28. The van der Waals surface area contributed by atoms with Crippen molar-refractivity contribution in [2.75, 3.05) is 13.1 Å². The third-order valence-corrected chi connectivity index (χ3v) is 3.93. The second-order valence-electron chi connectivity index (χ2n) is 4.95. The molecule has 1 saturated carbocycles. The van der Waals surface area contributed by atoms with Gasteiger partial charge in [-0.2, -0.15) is 0 Å². The molecule has 1 aliphatic carbocycles. The molecule has 1 heterocycles. The number of carbonyl (C=O) groups excluding carboxylic acids is 1. The second kappa shape index (κ2) is 4.92. The Morgan fingerprint density at radius 2 is 1.79 bits per heavy atom. The van der Waals surface area contributed by atoms with Gasteiger partial charge in [0, 0.05) is 12.5 Å². The Morgan fingerprint density at radius 1 is 1.00 bits per heavy atom. The van der Waals surface area contributed by atoms with Crippen LogP contribution in [-0.4, -0.2) is 19.4 Å². The van der Waals surface area contributed by atoms with E-state index in [4.69, 9.17) is 0 Å². The molecule has 2 atom stereocenters. The van der Waals surface area contributed by atoms with E-state index in [2.05, 4.69) is 5.32 Å². The minimum Gasteiger partial charge on any atom is -0.316 e. The topological polar surface area (TPSA) is 29.1 Å². The first-order chi connectivity index (χ1) is 6.90. The molecule has 2 nitrogen and oxygen atoms in total. The SMILES string of the molecule is O=C[C@H]1CNC[C@H](C2CCCCC2)C1. The Hall–Kier alpha value is -0.370. The van der Waals surface area contributed by atoms with Gasteiger partial charge in [-0.1, -0.05) is 32.1 Å². The van der Waals surface area contributed by atoms with Gasteiger partial charge in [0.15, 0.2) is 0 Å². The van der Waals surface area contributed by atoms with Crippen LogP contribution in [0.3, 0.4) is 0 Å². The van der Waals surface area contributed by atoms with Crippen molar-refractivity contribution in [1.82, 2.24) is 5.32 Å². The van der Waals surface area contributed by atoms with Crippen LogP contribution in [0.2, 0.25) is 0 Å². The molecule has 0 aromatic carbocycles. The molecule has 2 aliphatic rings. The molecule has 1 saturated heterocycles. The first-order valence-corrected chi connectivity index (χ1v) is 6.06. The second-order valence-corrected chi connectivity index (χ2v) is 4.95. The van der Waals surface area contributed by atoms with Crippen LogP contribution < -0.4 is 5.32 Å². The number of carbonyl (C=O) groups is 1. The summed E-state index contributed by atoms with van der Waals surface area (Å²) in [4.78, 5) is 10.7. The van der Waals surface area contributed by atoms with Crippen LogP contribution >= 0.6 is 0 Å². The summed E-state index contributed by atoms with van der Waals surface area (Å²) < 4.78 is 0. The largest absolute Gasteiger partial charge is 0.316 e. The van der Waals surface area contributed by atoms with E-state index in [1.54, 1.807) is 0 Å². The van der Waals surface area contributed by atoms with E-state index in [1.807, 2.05) is 0 Å². The Balaban J connectivity index is 1.86. The van der Waals surface area contributed by atoms with Crippen LogP contribution in [0.1, 0.15) is 38.5 Å².